The molecule has 0 aliphatic heterocycles. The van der Waals surface area contributed by atoms with Crippen LogP contribution in [-0.4, -0.2) is 48.3 Å². The maximum Gasteiger partial charge on any atom is 0.269 e. The van der Waals surface area contributed by atoms with Crippen LogP contribution in [0.2, 0.25) is 0 Å². The van der Waals surface area contributed by atoms with Gasteiger partial charge in [0.25, 0.3) is 11.8 Å². The Morgan fingerprint density at radius 3 is 2.03 bits per heavy atom. The van der Waals surface area contributed by atoms with Crippen LogP contribution in [0.15, 0.2) is 12.1 Å². The molecule has 0 unspecified atom stereocenters. The highest BCUT2D eigenvalue weighted by atomic mass is 32.1. The van der Waals surface area contributed by atoms with Gasteiger partial charge in [-0.1, -0.05) is 22.7 Å². The number of nitrogens with one attached hydrogen (secondary N) is 2. The lowest BCUT2D eigenvalue weighted by Gasteiger charge is -2.13. The molecule has 3 rings (SSSR count). The molecule has 1 aromatic carbocycles. The minimum Gasteiger partial charge on any atom is -0.493 e. The van der Waals surface area contributed by atoms with Crippen LogP contribution in [0, 0.1) is 13.8 Å². The predicted octanol–water partition coefficient (Wildman–Crippen LogP) is 3.14. The summed E-state index contributed by atoms with van der Waals surface area (Å²) in [4.78, 5) is 29.8. The molecule has 0 bridgehead atoms. The molecule has 0 saturated carbocycles. The summed E-state index contributed by atoms with van der Waals surface area (Å²) in [5.41, 5.74) is 0.770. The van der Waals surface area contributed by atoms with Gasteiger partial charge in [0.2, 0.25) is 10.9 Å². The second-order valence-corrected chi connectivity index (χ2v) is 8.06. The summed E-state index contributed by atoms with van der Waals surface area (Å²) in [7, 11) is 4.41. The molecule has 0 aliphatic rings. The first kappa shape index (κ1) is 21.5. The fourth-order valence-electron chi connectivity index (χ4n) is 2.54. The van der Waals surface area contributed by atoms with E-state index < -0.39 is 5.91 Å². The number of benzene rings is 1. The number of carbonyl (C=O) groups is 2. The van der Waals surface area contributed by atoms with E-state index in [1.165, 1.54) is 44.8 Å². The van der Waals surface area contributed by atoms with E-state index in [1.807, 2.05) is 0 Å². The van der Waals surface area contributed by atoms with E-state index in [2.05, 4.69) is 25.8 Å². The standard InChI is InChI=1S/C18H19N5O5S2/c1-8-14(16(25)21-18-23-22-9(2)29-18)30-17(19-8)20-15(24)10-6-11(26-3)13(28-5)12(7-10)27-4/h6-7H,1-5H3,(H,19,20,24)(H,21,23,25). The zero-order chi connectivity index (χ0) is 21.8. The van der Waals surface area contributed by atoms with Gasteiger partial charge < -0.3 is 14.2 Å². The van der Waals surface area contributed by atoms with Crippen LogP contribution in [0.25, 0.3) is 0 Å². The smallest absolute Gasteiger partial charge is 0.269 e. The van der Waals surface area contributed by atoms with Crippen LogP contribution in [0.1, 0.15) is 30.7 Å². The molecule has 0 saturated heterocycles. The van der Waals surface area contributed by atoms with Gasteiger partial charge in [-0.2, -0.15) is 0 Å². The van der Waals surface area contributed by atoms with E-state index in [9.17, 15) is 9.59 Å². The van der Waals surface area contributed by atoms with E-state index >= 15 is 0 Å². The number of ether oxygens (including phenoxy) is 3. The summed E-state index contributed by atoms with van der Waals surface area (Å²) in [5.74, 6) is 0.283. The average molecular weight is 450 g/mol. The van der Waals surface area contributed by atoms with Gasteiger partial charge in [0.05, 0.1) is 27.0 Å². The number of hydrogen-bond acceptors (Lipinski definition) is 10. The van der Waals surface area contributed by atoms with Crippen LogP contribution in [0.5, 0.6) is 17.2 Å². The van der Waals surface area contributed by atoms with Gasteiger partial charge in [-0.25, -0.2) is 4.98 Å². The van der Waals surface area contributed by atoms with Crippen molar-refractivity contribution in [3.8, 4) is 17.2 Å². The van der Waals surface area contributed by atoms with Crippen molar-refractivity contribution in [2.24, 2.45) is 0 Å². The van der Waals surface area contributed by atoms with Crippen LogP contribution >= 0.6 is 22.7 Å². The Labute approximate surface area is 180 Å². The van der Waals surface area contributed by atoms with E-state index in [0.29, 0.717) is 33.0 Å². The molecular formula is C18H19N5O5S2. The first-order chi connectivity index (χ1) is 14.4. The summed E-state index contributed by atoms with van der Waals surface area (Å²) >= 11 is 2.33. The van der Waals surface area contributed by atoms with Gasteiger partial charge in [0.1, 0.15) is 9.88 Å². The number of aromatic nitrogens is 3. The Hall–Kier alpha value is -3.25. The summed E-state index contributed by atoms with van der Waals surface area (Å²) in [6.07, 6.45) is 0. The van der Waals surface area contributed by atoms with E-state index in [-0.39, 0.29) is 16.6 Å². The quantitative estimate of drug-likeness (QED) is 0.564. The maximum atomic E-state index is 12.7. The molecule has 0 aliphatic carbocycles. The fourth-order valence-corrected chi connectivity index (χ4v) is 3.99. The Morgan fingerprint density at radius 2 is 1.50 bits per heavy atom. The molecule has 2 amide bonds. The number of hydrogen-bond donors (Lipinski definition) is 2. The van der Waals surface area contributed by atoms with E-state index in [4.69, 9.17) is 14.2 Å². The fraction of sp³-hybridized carbons (Fsp3) is 0.278. The number of thiazole rings is 1. The number of methoxy groups -OCH3 is 3. The highest BCUT2D eigenvalue weighted by Gasteiger charge is 2.21. The molecule has 2 aromatic heterocycles. The lowest BCUT2D eigenvalue weighted by atomic mass is 10.1. The number of carbonyl (C=O) groups excluding carboxylic acids is 2. The van der Waals surface area contributed by atoms with Crippen molar-refractivity contribution in [2.75, 3.05) is 32.0 Å². The summed E-state index contributed by atoms with van der Waals surface area (Å²) in [5, 5.41) is 14.5. The topological polar surface area (TPSA) is 125 Å². The highest BCUT2D eigenvalue weighted by molar-refractivity contribution is 7.18. The monoisotopic (exact) mass is 449 g/mol. The van der Waals surface area contributed by atoms with Crippen molar-refractivity contribution < 1.29 is 23.8 Å². The molecule has 2 heterocycles. The lowest BCUT2D eigenvalue weighted by molar-refractivity contribution is 0.101. The molecule has 2 N–H and O–H groups in total. The highest BCUT2D eigenvalue weighted by Crippen LogP contribution is 2.38. The molecule has 0 radical (unpaired) electrons. The molecule has 0 spiro atoms. The third kappa shape index (κ3) is 4.49. The SMILES string of the molecule is COc1cc(C(=O)Nc2nc(C)c(C(=O)Nc3nnc(C)s3)s2)cc(OC)c1OC. The largest absolute Gasteiger partial charge is 0.493 e. The minimum absolute atomic E-state index is 0.282. The molecule has 0 fully saturated rings. The Kier molecular flexibility index (Phi) is 6.47. The van der Waals surface area contributed by atoms with Gasteiger partial charge in [0, 0.05) is 5.56 Å². The molecule has 0 atom stereocenters. The Balaban J connectivity index is 1.79. The van der Waals surface area contributed by atoms with Gasteiger partial charge in [-0.05, 0) is 26.0 Å². The van der Waals surface area contributed by atoms with Crippen molar-refractivity contribution in [3.63, 3.8) is 0 Å². The van der Waals surface area contributed by atoms with Crippen molar-refractivity contribution in [2.45, 2.75) is 13.8 Å². The molecule has 12 heteroatoms. The van der Waals surface area contributed by atoms with Crippen molar-refractivity contribution >= 4 is 44.8 Å². The second kappa shape index (κ2) is 9.05. The number of aryl methyl sites for hydroxylation is 2. The first-order valence-corrected chi connectivity index (χ1v) is 10.2. The number of rotatable bonds is 7. The zero-order valence-corrected chi connectivity index (χ0v) is 18.5. The van der Waals surface area contributed by atoms with Gasteiger partial charge in [0.15, 0.2) is 16.6 Å². The van der Waals surface area contributed by atoms with Crippen molar-refractivity contribution in [3.05, 3.63) is 33.3 Å². The third-order valence-corrected chi connectivity index (χ3v) is 5.72. The van der Waals surface area contributed by atoms with E-state index in [0.717, 1.165) is 16.3 Å². The van der Waals surface area contributed by atoms with Crippen LogP contribution in [0.3, 0.4) is 0 Å². The van der Waals surface area contributed by atoms with Crippen LogP contribution in [0.4, 0.5) is 10.3 Å². The first-order valence-electron chi connectivity index (χ1n) is 8.56. The van der Waals surface area contributed by atoms with Gasteiger partial charge in [-0.15, -0.1) is 10.2 Å². The summed E-state index contributed by atoms with van der Waals surface area (Å²) in [6, 6.07) is 3.06. The van der Waals surface area contributed by atoms with E-state index in [1.54, 1.807) is 13.8 Å². The molecular weight excluding hydrogens is 430 g/mol. The Bertz CT molecular complexity index is 1070. The predicted molar refractivity (Wildman–Crippen MR) is 114 cm³/mol. The van der Waals surface area contributed by atoms with Crippen molar-refractivity contribution in [1.29, 1.82) is 0 Å². The normalized spacial score (nSPS) is 10.4. The molecule has 10 nitrogen and oxygen atoms in total. The van der Waals surface area contributed by atoms with Gasteiger partial charge in [-0.3, -0.25) is 20.2 Å². The third-order valence-electron chi connectivity index (χ3n) is 3.90. The molecule has 3 aromatic rings. The molecule has 158 valence electrons. The summed E-state index contributed by atoms with van der Waals surface area (Å²) < 4.78 is 15.8. The summed E-state index contributed by atoms with van der Waals surface area (Å²) in [6.45, 7) is 3.48. The number of amides is 2. The maximum absolute atomic E-state index is 12.7. The lowest BCUT2D eigenvalue weighted by Crippen LogP contribution is -2.12. The average Bonchev–Trinajstić information content (AvgIpc) is 3.31. The zero-order valence-electron chi connectivity index (χ0n) is 16.9. The second-order valence-electron chi connectivity index (χ2n) is 5.88. The Morgan fingerprint density at radius 1 is 0.867 bits per heavy atom. The number of nitrogens with zero attached hydrogens (tertiary/aromatic N) is 3. The number of anilines is 2. The molecule has 30 heavy (non-hydrogen) atoms. The van der Waals surface area contributed by atoms with Gasteiger partial charge >= 0.3 is 0 Å². The van der Waals surface area contributed by atoms with Crippen LogP contribution < -0.4 is 24.8 Å². The van der Waals surface area contributed by atoms with Crippen LogP contribution in [-0.2, 0) is 0 Å². The minimum atomic E-state index is -0.435. The van der Waals surface area contributed by atoms with Crippen molar-refractivity contribution in [1.82, 2.24) is 15.2 Å².